The van der Waals surface area contributed by atoms with Crippen molar-refractivity contribution in [3.8, 4) is 0 Å². The second kappa shape index (κ2) is 3.78. The van der Waals surface area contributed by atoms with Crippen molar-refractivity contribution >= 4 is 5.97 Å². The fourth-order valence-corrected chi connectivity index (χ4v) is 2.06. The Hall–Kier alpha value is -1.38. The first-order chi connectivity index (χ1) is 6.75. The van der Waals surface area contributed by atoms with Crippen LogP contribution in [0.5, 0.6) is 0 Å². The van der Waals surface area contributed by atoms with Gasteiger partial charge in [0, 0.05) is 18.8 Å². The zero-order valence-corrected chi connectivity index (χ0v) is 7.89. The fraction of sp³-hybridized carbons (Fsp3) is 0.455. The summed E-state index contributed by atoms with van der Waals surface area (Å²) in [5.74, 6) is 0.260. The molecule has 2 rings (SSSR count). The van der Waals surface area contributed by atoms with Crippen molar-refractivity contribution in [2.24, 2.45) is 5.92 Å². The summed E-state index contributed by atoms with van der Waals surface area (Å²) in [6.45, 7) is 0. The first-order valence-corrected chi connectivity index (χ1v) is 4.87. The van der Waals surface area contributed by atoms with Crippen molar-refractivity contribution in [2.75, 3.05) is 0 Å². The van der Waals surface area contributed by atoms with E-state index < -0.39 is 5.97 Å². The summed E-state index contributed by atoms with van der Waals surface area (Å²) in [6.07, 6.45) is 5.92. The van der Waals surface area contributed by atoms with Crippen LogP contribution in [-0.2, 0) is 4.79 Å². The van der Waals surface area contributed by atoms with Crippen LogP contribution in [0.2, 0.25) is 0 Å². The van der Waals surface area contributed by atoms with Gasteiger partial charge in [-0.1, -0.05) is 0 Å². The third kappa shape index (κ3) is 1.92. The van der Waals surface area contributed by atoms with Gasteiger partial charge < -0.3 is 5.11 Å². The smallest absolute Gasteiger partial charge is 0.303 e. The molecule has 3 nitrogen and oxygen atoms in total. The summed E-state index contributed by atoms with van der Waals surface area (Å²) >= 11 is 0. The molecule has 1 fully saturated rings. The van der Waals surface area contributed by atoms with E-state index in [0.717, 1.165) is 12.8 Å². The molecule has 1 aromatic heterocycles. The van der Waals surface area contributed by atoms with Gasteiger partial charge in [0.05, 0.1) is 0 Å². The molecule has 3 heteroatoms. The highest BCUT2D eigenvalue weighted by atomic mass is 16.4. The van der Waals surface area contributed by atoms with Crippen molar-refractivity contribution in [3.63, 3.8) is 0 Å². The molecule has 0 saturated heterocycles. The van der Waals surface area contributed by atoms with Gasteiger partial charge in [-0.3, -0.25) is 9.78 Å². The van der Waals surface area contributed by atoms with Crippen molar-refractivity contribution in [1.29, 1.82) is 0 Å². The maximum absolute atomic E-state index is 10.4. The first-order valence-electron chi connectivity index (χ1n) is 4.87. The van der Waals surface area contributed by atoms with E-state index in [1.807, 2.05) is 12.1 Å². The normalized spacial score (nSPS) is 25.4. The number of pyridine rings is 1. The van der Waals surface area contributed by atoms with Gasteiger partial charge in [0.2, 0.25) is 0 Å². The summed E-state index contributed by atoms with van der Waals surface area (Å²) in [7, 11) is 0. The number of carboxylic acids is 1. The number of nitrogens with zero attached hydrogens (tertiary/aromatic N) is 1. The minimum absolute atomic E-state index is 0.321. The van der Waals surface area contributed by atoms with Gasteiger partial charge in [0.15, 0.2) is 0 Å². The summed E-state index contributed by atoms with van der Waals surface area (Å²) in [5, 5.41) is 8.60. The lowest BCUT2D eigenvalue weighted by Gasteiger charge is -2.34. The highest BCUT2D eigenvalue weighted by Crippen LogP contribution is 2.42. The minimum atomic E-state index is -0.678. The molecule has 0 unspecified atom stereocenters. The van der Waals surface area contributed by atoms with Crippen LogP contribution in [0.1, 0.15) is 30.7 Å². The van der Waals surface area contributed by atoms with E-state index in [4.69, 9.17) is 5.11 Å². The summed E-state index contributed by atoms with van der Waals surface area (Å²) in [6, 6.07) is 4.03. The molecule has 14 heavy (non-hydrogen) atoms. The SMILES string of the molecule is O=C(O)CC1CC(c2ccncc2)C1. The van der Waals surface area contributed by atoms with E-state index in [9.17, 15) is 4.79 Å². The van der Waals surface area contributed by atoms with Crippen LogP contribution in [0.25, 0.3) is 0 Å². The van der Waals surface area contributed by atoms with Crippen molar-refractivity contribution in [2.45, 2.75) is 25.2 Å². The van der Waals surface area contributed by atoms with Crippen molar-refractivity contribution in [1.82, 2.24) is 4.98 Å². The van der Waals surface area contributed by atoms with E-state index in [1.165, 1.54) is 5.56 Å². The van der Waals surface area contributed by atoms with E-state index >= 15 is 0 Å². The number of aromatic nitrogens is 1. The van der Waals surface area contributed by atoms with E-state index in [2.05, 4.69) is 4.98 Å². The Morgan fingerprint density at radius 3 is 2.64 bits per heavy atom. The Morgan fingerprint density at radius 2 is 2.07 bits per heavy atom. The third-order valence-electron chi connectivity index (χ3n) is 2.88. The van der Waals surface area contributed by atoms with E-state index in [0.29, 0.717) is 18.3 Å². The summed E-state index contributed by atoms with van der Waals surface area (Å²) < 4.78 is 0. The molecule has 1 heterocycles. The molecule has 0 aliphatic heterocycles. The lowest BCUT2D eigenvalue weighted by molar-refractivity contribution is -0.138. The molecule has 1 aliphatic rings. The highest BCUT2D eigenvalue weighted by molar-refractivity contribution is 5.67. The van der Waals surface area contributed by atoms with Gasteiger partial charge in [-0.15, -0.1) is 0 Å². The molecule has 0 radical (unpaired) electrons. The molecular weight excluding hydrogens is 178 g/mol. The second-order valence-corrected chi connectivity index (χ2v) is 3.91. The van der Waals surface area contributed by atoms with Gasteiger partial charge in [0.1, 0.15) is 0 Å². The minimum Gasteiger partial charge on any atom is -0.481 e. The Labute approximate surface area is 82.8 Å². The predicted octanol–water partition coefficient (Wildman–Crippen LogP) is 2.05. The maximum Gasteiger partial charge on any atom is 0.303 e. The molecule has 1 aliphatic carbocycles. The second-order valence-electron chi connectivity index (χ2n) is 3.91. The van der Waals surface area contributed by atoms with Gasteiger partial charge in [-0.25, -0.2) is 0 Å². The molecular formula is C11H13NO2. The Kier molecular flexibility index (Phi) is 2.48. The van der Waals surface area contributed by atoms with Crippen LogP contribution >= 0.6 is 0 Å². The number of rotatable bonds is 3. The molecule has 74 valence electrons. The number of carboxylic acid groups (broad SMARTS) is 1. The molecule has 0 bridgehead atoms. The Bertz CT molecular complexity index is 317. The van der Waals surface area contributed by atoms with Gasteiger partial charge in [-0.2, -0.15) is 0 Å². The largest absolute Gasteiger partial charge is 0.481 e. The van der Waals surface area contributed by atoms with Gasteiger partial charge >= 0.3 is 5.97 Å². The number of aliphatic carboxylic acids is 1. The van der Waals surface area contributed by atoms with E-state index in [-0.39, 0.29) is 0 Å². The lowest BCUT2D eigenvalue weighted by atomic mass is 9.70. The molecule has 0 amide bonds. The third-order valence-corrected chi connectivity index (χ3v) is 2.88. The standard InChI is InChI=1S/C11H13NO2/c13-11(14)7-8-5-10(6-8)9-1-3-12-4-2-9/h1-4,8,10H,5-7H2,(H,13,14). The van der Waals surface area contributed by atoms with Crippen molar-refractivity contribution in [3.05, 3.63) is 30.1 Å². The molecule has 0 spiro atoms. The van der Waals surface area contributed by atoms with Crippen LogP contribution in [0.15, 0.2) is 24.5 Å². The first kappa shape index (κ1) is 9.19. The highest BCUT2D eigenvalue weighted by Gasteiger charge is 2.31. The molecule has 1 aromatic rings. The lowest BCUT2D eigenvalue weighted by Crippen LogP contribution is -2.24. The van der Waals surface area contributed by atoms with Crippen molar-refractivity contribution < 1.29 is 9.90 Å². The number of hydrogen-bond donors (Lipinski definition) is 1. The monoisotopic (exact) mass is 191 g/mol. The zero-order chi connectivity index (χ0) is 9.97. The van der Waals surface area contributed by atoms with Gasteiger partial charge in [-0.05, 0) is 42.4 Å². The predicted molar refractivity (Wildman–Crippen MR) is 52.0 cm³/mol. The average Bonchev–Trinajstić information content (AvgIpc) is 2.12. The van der Waals surface area contributed by atoms with Gasteiger partial charge in [0.25, 0.3) is 0 Å². The van der Waals surface area contributed by atoms with Crippen LogP contribution in [0.4, 0.5) is 0 Å². The maximum atomic E-state index is 10.4. The molecule has 0 aromatic carbocycles. The quantitative estimate of drug-likeness (QED) is 0.795. The van der Waals surface area contributed by atoms with Crippen LogP contribution in [0, 0.1) is 5.92 Å². The Morgan fingerprint density at radius 1 is 1.43 bits per heavy atom. The number of carbonyl (C=O) groups is 1. The zero-order valence-electron chi connectivity index (χ0n) is 7.89. The summed E-state index contributed by atoms with van der Waals surface area (Å²) in [5.41, 5.74) is 1.29. The molecule has 1 saturated carbocycles. The number of hydrogen-bond acceptors (Lipinski definition) is 2. The fourth-order valence-electron chi connectivity index (χ4n) is 2.06. The summed E-state index contributed by atoms with van der Waals surface area (Å²) in [4.78, 5) is 14.4. The van der Waals surface area contributed by atoms with E-state index in [1.54, 1.807) is 12.4 Å². The topological polar surface area (TPSA) is 50.2 Å². The molecule has 1 N–H and O–H groups in total. The van der Waals surface area contributed by atoms with Crippen LogP contribution in [0.3, 0.4) is 0 Å². The van der Waals surface area contributed by atoms with Crippen LogP contribution < -0.4 is 0 Å². The van der Waals surface area contributed by atoms with Crippen LogP contribution in [-0.4, -0.2) is 16.1 Å². The molecule has 0 atom stereocenters. The Balaban J connectivity index is 1.86. The average molecular weight is 191 g/mol.